The Hall–Kier alpha value is -1.13. The topological polar surface area (TPSA) is 57.5 Å². The number of rotatable bonds is 7. The molecular weight excluding hydrogens is 495 g/mol. The average Bonchev–Trinajstić information content (AvgIpc) is 3.37. The normalized spacial score (nSPS) is 17.6. The van der Waals surface area contributed by atoms with Gasteiger partial charge in [0.25, 0.3) is 0 Å². The summed E-state index contributed by atoms with van der Waals surface area (Å²) in [6.45, 7) is 1.72. The van der Waals surface area contributed by atoms with Crippen LogP contribution in [-0.2, 0) is 12.5 Å². The molecule has 0 spiro atoms. The van der Waals surface area contributed by atoms with Crippen molar-refractivity contribution in [2.45, 2.75) is 43.6 Å². The summed E-state index contributed by atoms with van der Waals surface area (Å²) in [6, 6.07) is 4.73. The van der Waals surface area contributed by atoms with E-state index < -0.39 is 0 Å². The van der Waals surface area contributed by atoms with E-state index in [1.807, 2.05) is 36.3 Å². The molecule has 1 atom stereocenters. The molecule has 1 aliphatic rings. The number of nitrogens with one attached hydrogen (secondary N) is 2. The van der Waals surface area contributed by atoms with Gasteiger partial charge in [-0.15, -0.1) is 35.3 Å². The number of halogens is 1. The molecule has 162 valence electrons. The summed E-state index contributed by atoms with van der Waals surface area (Å²) in [4.78, 5) is 8.20. The number of aliphatic imine (C=N–C) groups is 1. The van der Waals surface area contributed by atoms with Crippen molar-refractivity contribution < 1.29 is 0 Å². The Morgan fingerprint density at radius 1 is 1.31 bits per heavy atom. The number of hydrogen-bond acceptors (Lipinski definition) is 4. The van der Waals surface area contributed by atoms with Gasteiger partial charge < -0.3 is 15.5 Å². The monoisotopic (exact) mass is 530 g/mol. The molecule has 1 saturated carbocycles. The van der Waals surface area contributed by atoms with Crippen molar-refractivity contribution in [1.82, 2.24) is 25.3 Å². The number of guanidine groups is 1. The zero-order valence-corrected chi connectivity index (χ0v) is 21.2. The second kappa shape index (κ2) is 11.3. The minimum absolute atomic E-state index is 0. The summed E-state index contributed by atoms with van der Waals surface area (Å²) in [5.74, 6) is 0.872. The van der Waals surface area contributed by atoms with Gasteiger partial charge in [0.05, 0.1) is 12.2 Å². The highest BCUT2D eigenvalue weighted by atomic mass is 127. The van der Waals surface area contributed by atoms with Gasteiger partial charge in [0.2, 0.25) is 0 Å². The van der Waals surface area contributed by atoms with Crippen molar-refractivity contribution in [2.75, 3.05) is 34.2 Å². The van der Waals surface area contributed by atoms with E-state index in [0.29, 0.717) is 0 Å². The Morgan fingerprint density at radius 2 is 2.07 bits per heavy atom. The molecule has 6 nitrogen and oxygen atoms in total. The zero-order chi connectivity index (χ0) is 20.0. The lowest BCUT2D eigenvalue weighted by molar-refractivity contribution is 0.290. The molecule has 0 bridgehead atoms. The predicted molar refractivity (Wildman–Crippen MR) is 133 cm³/mol. The van der Waals surface area contributed by atoms with Crippen LogP contribution in [0.15, 0.2) is 34.9 Å². The van der Waals surface area contributed by atoms with Crippen molar-refractivity contribution in [3.8, 4) is 0 Å². The van der Waals surface area contributed by atoms with Crippen LogP contribution in [0.1, 0.15) is 48.6 Å². The van der Waals surface area contributed by atoms with Crippen molar-refractivity contribution in [3.63, 3.8) is 0 Å². The second-order valence-electron chi connectivity index (χ2n) is 8.05. The minimum Gasteiger partial charge on any atom is -0.355 e. The number of hydrogen-bond donors (Lipinski definition) is 2. The van der Waals surface area contributed by atoms with E-state index in [1.165, 1.54) is 42.5 Å². The van der Waals surface area contributed by atoms with Crippen LogP contribution in [0.2, 0.25) is 0 Å². The van der Waals surface area contributed by atoms with E-state index in [1.54, 1.807) is 0 Å². The Bertz CT molecular complexity index is 749. The molecule has 2 heterocycles. The first kappa shape index (κ1) is 24.1. The molecule has 2 N–H and O–H groups in total. The summed E-state index contributed by atoms with van der Waals surface area (Å²) >= 11 is 1.89. The van der Waals surface area contributed by atoms with Gasteiger partial charge >= 0.3 is 0 Å². The van der Waals surface area contributed by atoms with Crippen LogP contribution in [0.4, 0.5) is 0 Å². The molecule has 0 aromatic carbocycles. The summed E-state index contributed by atoms with van der Waals surface area (Å²) < 4.78 is 1.85. The van der Waals surface area contributed by atoms with Crippen molar-refractivity contribution in [1.29, 1.82) is 0 Å². The highest BCUT2D eigenvalue weighted by molar-refractivity contribution is 14.0. The number of thiophene rings is 1. The van der Waals surface area contributed by atoms with E-state index in [2.05, 4.69) is 63.4 Å². The first-order valence-corrected chi connectivity index (χ1v) is 11.1. The average molecular weight is 531 g/mol. The fraction of sp³-hybridized carbons (Fsp3) is 0.619. The minimum atomic E-state index is 0. The zero-order valence-electron chi connectivity index (χ0n) is 18.0. The molecular formula is C21H35IN6S. The predicted octanol–water partition coefficient (Wildman–Crippen LogP) is 3.77. The van der Waals surface area contributed by atoms with Crippen LogP contribution in [-0.4, -0.2) is 54.9 Å². The molecule has 3 rings (SSSR count). The lowest BCUT2D eigenvalue weighted by Crippen LogP contribution is -2.47. The third-order valence-corrected chi connectivity index (χ3v) is 6.98. The third-order valence-electron chi connectivity index (χ3n) is 5.87. The van der Waals surface area contributed by atoms with E-state index in [9.17, 15) is 0 Å². The first-order valence-electron chi connectivity index (χ1n) is 10.2. The largest absolute Gasteiger partial charge is 0.355 e. The Morgan fingerprint density at radius 3 is 2.62 bits per heavy atom. The van der Waals surface area contributed by atoms with Gasteiger partial charge in [0, 0.05) is 49.2 Å². The maximum Gasteiger partial charge on any atom is 0.191 e. The van der Waals surface area contributed by atoms with Gasteiger partial charge in [-0.05, 0) is 38.4 Å². The Labute approximate surface area is 196 Å². The van der Waals surface area contributed by atoms with Crippen LogP contribution >= 0.6 is 35.3 Å². The maximum atomic E-state index is 4.47. The second-order valence-corrected chi connectivity index (χ2v) is 9.00. The Kier molecular flexibility index (Phi) is 9.42. The van der Waals surface area contributed by atoms with Gasteiger partial charge in [-0.3, -0.25) is 9.67 Å². The van der Waals surface area contributed by atoms with Crippen LogP contribution in [0, 0.1) is 0 Å². The van der Waals surface area contributed by atoms with E-state index >= 15 is 0 Å². The molecule has 0 radical (unpaired) electrons. The lowest BCUT2D eigenvalue weighted by Gasteiger charge is -2.37. The molecule has 8 heteroatoms. The van der Waals surface area contributed by atoms with Gasteiger partial charge in [0.1, 0.15) is 0 Å². The van der Waals surface area contributed by atoms with Gasteiger partial charge in [0.15, 0.2) is 5.96 Å². The molecule has 0 aliphatic heterocycles. The fourth-order valence-corrected chi connectivity index (χ4v) is 5.18. The fourth-order valence-electron chi connectivity index (χ4n) is 4.20. The highest BCUT2D eigenvalue weighted by Gasteiger charge is 2.35. The van der Waals surface area contributed by atoms with Gasteiger partial charge in [-0.2, -0.15) is 5.10 Å². The molecule has 1 unspecified atom stereocenters. The van der Waals surface area contributed by atoms with Crippen LogP contribution < -0.4 is 10.6 Å². The van der Waals surface area contributed by atoms with Crippen molar-refractivity contribution in [2.24, 2.45) is 12.0 Å². The van der Waals surface area contributed by atoms with Crippen molar-refractivity contribution in [3.05, 3.63) is 40.3 Å². The molecule has 1 aliphatic carbocycles. The maximum absolute atomic E-state index is 4.47. The molecule has 1 fully saturated rings. The molecule has 2 aromatic heterocycles. The first-order chi connectivity index (χ1) is 13.5. The Balaban J connectivity index is 0.00000300. The SMILES string of the molecule is CN=C(NCC(c1cnn(C)c1)N(C)C)NCC1(c2cccs2)CCCCC1.I. The quantitative estimate of drug-likeness (QED) is 0.325. The van der Waals surface area contributed by atoms with Crippen molar-refractivity contribution >= 4 is 41.3 Å². The third kappa shape index (κ3) is 6.18. The van der Waals surface area contributed by atoms with Gasteiger partial charge in [-0.1, -0.05) is 25.3 Å². The molecule has 29 heavy (non-hydrogen) atoms. The van der Waals surface area contributed by atoms with Crippen LogP contribution in [0.5, 0.6) is 0 Å². The number of likely N-dealkylation sites (N-methyl/N-ethyl adjacent to an activating group) is 1. The summed E-state index contributed by atoms with van der Waals surface area (Å²) in [6.07, 6.45) is 10.5. The van der Waals surface area contributed by atoms with E-state index in [4.69, 9.17) is 0 Å². The van der Waals surface area contributed by atoms with Crippen LogP contribution in [0.3, 0.4) is 0 Å². The number of aryl methyl sites for hydroxylation is 1. The molecule has 0 amide bonds. The summed E-state index contributed by atoms with van der Waals surface area (Å²) in [5.41, 5.74) is 1.45. The smallest absolute Gasteiger partial charge is 0.191 e. The van der Waals surface area contributed by atoms with E-state index in [-0.39, 0.29) is 35.4 Å². The van der Waals surface area contributed by atoms with Gasteiger partial charge in [-0.25, -0.2) is 0 Å². The van der Waals surface area contributed by atoms with Crippen LogP contribution in [0.25, 0.3) is 0 Å². The highest BCUT2D eigenvalue weighted by Crippen LogP contribution is 2.41. The van der Waals surface area contributed by atoms with E-state index in [0.717, 1.165) is 19.0 Å². The summed E-state index contributed by atoms with van der Waals surface area (Å²) in [5, 5.41) is 13.7. The summed E-state index contributed by atoms with van der Waals surface area (Å²) in [7, 11) is 8.01. The number of nitrogens with zero attached hydrogens (tertiary/aromatic N) is 4. The number of aromatic nitrogens is 2. The molecule has 2 aromatic rings. The standard InChI is InChI=1S/C21H34N6S.HI/c1-22-20(23-14-18(26(2)3)17-13-25-27(4)15-17)24-16-21(10-6-5-7-11-21)19-9-8-12-28-19;/h8-9,12-13,15,18H,5-7,10-11,14,16H2,1-4H3,(H2,22,23,24);1H. The lowest BCUT2D eigenvalue weighted by atomic mass is 9.73. The molecule has 0 saturated heterocycles.